The average Bonchev–Trinajstić information content (AvgIpc) is 3.33. The summed E-state index contributed by atoms with van der Waals surface area (Å²) in [4.78, 5) is 11.8. The fourth-order valence-electron chi connectivity index (χ4n) is 3.01. The van der Waals surface area contributed by atoms with Crippen LogP contribution < -0.4 is 5.32 Å². The Bertz CT molecular complexity index is 842. The molecule has 1 aliphatic carbocycles. The Hall–Kier alpha value is -2.73. The predicted octanol–water partition coefficient (Wildman–Crippen LogP) is 4.28. The number of cyclic esters (lactones) is 1. The standard InChI is InChI=1S/C21H19NO2/c1-14-4-2-7-18(12-14)20-19(22-21(23)24-20)17-6-3-5-16(13-17)11-10-15-8-9-15/h2-7,12-13,15,19-20H,8-9H2,1H3,(H,22,23)/t19-,20-/m1/s1. The third kappa shape index (κ3) is 3.14. The topological polar surface area (TPSA) is 38.3 Å². The van der Waals surface area contributed by atoms with Crippen LogP contribution in [0, 0.1) is 24.7 Å². The molecule has 4 rings (SSSR count). The number of carbonyl (C=O) groups excluding carboxylic acids is 1. The SMILES string of the molecule is Cc1cccc([C@H]2OC(=O)N[C@@H]2c2cccc(C#CC3CC3)c2)c1. The molecule has 120 valence electrons. The first-order valence-corrected chi connectivity index (χ1v) is 8.34. The Kier molecular flexibility index (Phi) is 3.74. The number of amides is 1. The predicted molar refractivity (Wildman–Crippen MR) is 92.3 cm³/mol. The van der Waals surface area contributed by atoms with Crippen LogP contribution in [0.3, 0.4) is 0 Å². The van der Waals surface area contributed by atoms with Crippen LogP contribution in [0.2, 0.25) is 0 Å². The van der Waals surface area contributed by atoms with E-state index in [1.54, 1.807) is 0 Å². The van der Waals surface area contributed by atoms with Crippen LogP contribution in [0.1, 0.15) is 47.2 Å². The molecule has 1 heterocycles. The van der Waals surface area contributed by atoms with Crippen LogP contribution in [0.15, 0.2) is 48.5 Å². The lowest BCUT2D eigenvalue weighted by Gasteiger charge is -2.18. The summed E-state index contributed by atoms with van der Waals surface area (Å²) < 4.78 is 5.53. The minimum absolute atomic E-state index is 0.193. The molecule has 2 aromatic rings. The molecule has 0 spiro atoms. The molecular weight excluding hydrogens is 298 g/mol. The molecule has 2 aromatic carbocycles. The fourth-order valence-corrected chi connectivity index (χ4v) is 3.01. The smallest absolute Gasteiger partial charge is 0.408 e. The van der Waals surface area contributed by atoms with Gasteiger partial charge in [-0.3, -0.25) is 0 Å². The van der Waals surface area contributed by atoms with Gasteiger partial charge in [-0.25, -0.2) is 4.79 Å². The highest BCUT2D eigenvalue weighted by atomic mass is 16.6. The van der Waals surface area contributed by atoms with Gasteiger partial charge in [0.2, 0.25) is 0 Å². The maximum Gasteiger partial charge on any atom is 0.408 e. The second-order valence-electron chi connectivity index (χ2n) is 6.53. The Morgan fingerprint density at radius 3 is 2.67 bits per heavy atom. The molecule has 0 bridgehead atoms. The van der Waals surface area contributed by atoms with Gasteiger partial charge in [0.15, 0.2) is 6.10 Å². The molecule has 2 fully saturated rings. The van der Waals surface area contributed by atoms with Crippen LogP contribution >= 0.6 is 0 Å². The minimum Gasteiger partial charge on any atom is -0.439 e. The van der Waals surface area contributed by atoms with Gasteiger partial charge in [0.1, 0.15) is 0 Å². The Morgan fingerprint density at radius 1 is 1.08 bits per heavy atom. The van der Waals surface area contributed by atoms with Gasteiger partial charge in [-0.2, -0.15) is 0 Å². The summed E-state index contributed by atoms with van der Waals surface area (Å²) in [5.41, 5.74) is 4.17. The highest BCUT2D eigenvalue weighted by Crippen LogP contribution is 2.37. The normalized spacial score (nSPS) is 22.3. The van der Waals surface area contributed by atoms with Gasteiger partial charge in [0.25, 0.3) is 0 Å². The van der Waals surface area contributed by atoms with Gasteiger partial charge in [-0.05, 0) is 43.0 Å². The Labute approximate surface area is 142 Å². The van der Waals surface area contributed by atoms with Crippen LogP contribution in [0.25, 0.3) is 0 Å². The molecule has 3 nitrogen and oxygen atoms in total. The second kappa shape index (κ2) is 6.05. The van der Waals surface area contributed by atoms with Gasteiger partial charge in [-0.1, -0.05) is 53.8 Å². The van der Waals surface area contributed by atoms with E-state index >= 15 is 0 Å². The molecule has 1 aliphatic heterocycles. The highest BCUT2D eigenvalue weighted by molar-refractivity contribution is 5.71. The molecule has 1 N–H and O–H groups in total. The lowest BCUT2D eigenvalue weighted by atomic mass is 9.94. The summed E-state index contributed by atoms with van der Waals surface area (Å²) in [6, 6.07) is 16.0. The van der Waals surface area contributed by atoms with Crippen molar-refractivity contribution in [2.45, 2.75) is 31.9 Å². The third-order valence-electron chi connectivity index (χ3n) is 4.42. The van der Waals surface area contributed by atoms with Gasteiger partial charge >= 0.3 is 6.09 Å². The average molecular weight is 317 g/mol. The molecule has 2 aliphatic rings. The van der Waals surface area contributed by atoms with Crippen molar-refractivity contribution in [1.82, 2.24) is 5.32 Å². The molecule has 2 atom stereocenters. The lowest BCUT2D eigenvalue weighted by molar-refractivity contribution is 0.132. The molecule has 1 saturated heterocycles. The Balaban J connectivity index is 1.65. The molecular formula is C21H19NO2. The highest BCUT2D eigenvalue weighted by Gasteiger charge is 2.36. The van der Waals surface area contributed by atoms with Gasteiger partial charge in [-0.15, -0.1) is 0 Å². The number of ether oxygens (including phenoxy) is 1. The summed E-state index contributed by atoms with van der Waals surface area (Å²) in [6.45, 7) is 2.04. The van der Waals surface area contributed by atoms with Crippen LogP contribution in [-0.2, 0) is 4.74 Å². The van der Waals surface area contributed by atoms with Crippen molar-refractivity contribution in [2.24, 2.45) is 5.92 Å². The van der Waals surface area contributed by atoms with Crippen LogP contribution in [0.5, 0.6) is 0 Å². The maximum absolute atomic E-state index is 11.8. The van der Waals surface area contributed by atoms with Crippen molar-refractivity contribution >= 4 is 6.09 Å². The number of carbonyl (C=O) groups is 1. The molecule has 3 heteroatoms. The number of benzene rings is 2. The van der Waals surface area contributed by atoms with Gasteiger partial charge in [0.05, 0.1) is 6.04 Å². The molecule has 24 heavy (non-hydrogen) atoms. The number of hydrogen-bond donors (Lipinski definition) is 1. The van der Waals surface area contributed by atoms with E-state index in [4.69, 9.17) is 4.74 Å². The first-order valence-electron chi connectivity index (χ1n) is 8.34. The maximum atomic E-state index is 11.8. The van der Waals surface area contributed by atoms with E-state index in [1.165, 1.54) is 12.8 Å². The van der Waals surface area contributed by atoms with E-state index in [-0.39, 0.29) is 18.2 Å². The monoisotopic (exact) mass is 317 g/mol. The molecule has 0 unspecified atom stereocenters. The molecule has 1 saturated carbocycles. The largest absolute Gasteiger partial charge is 0.439 e. The quantitative estimate of drug-likeness (QED) is 0.840. The lowest BCUT2D eigenvalue weighted by Crippen LogP contribution is -2.19. The van der Waals surface area contributed by atoms with Crippen LogP contribution in [0.4, 0.5) is 4.79 Å². The van der Waals surface area contributed by atoms with Crippen molar-refractivity contribution in [2.75, 3.05) is 0 Å². The number of alkyl carbamates (subject to hydrolysis) is 1. The van der Waals surface area contributed by atoms with Gasteiger partial charge in [0, 0.05) is 11.5 Å². The van der Waals surface area contributed by atoms with Crippen molar-refractivity contribution in [1.29, 1.82) is 0 Å². The zero-order chi connectivity index (χ0) is 16.5. The summed E-state index contributed by atoms with van der Waals surface area (Å²) in [5.74, 6) is 7.10. The van der Waals surface area contributed by atoms with E-state index < -0.39 is 0 Å². The zero-order valence-electron chi connectivity index (χ0n) is 13.6. The van der Waals surface area contributed by atoms with E-state index in [1.807, 2.05) is 43.3 Å². The molecule has 1 amide bonds. The summed E-state index contributed by atoms with van der Waals surface area (Å²) in [6.07, 6.45) is 1.74. The van der Waals surface area contributed by atoms with Crippen molar-refractivity contribution in [3.8, 4) is 11.8 Å². The van der Waals surface area contributed by atoms with Crippen molar-refractivity contribution in [3.05, 3.63) is 70.8 Å². The van der Waals surface area contributed by atoms with Crippen molar-refractivity contribution < 1.29 is 9.53 Å². The summed E-state index contributed by atoms with van der Waals surface area (Å²) >= 11 is 0. The number of aryl methyl sites for hydroxylation is 1. The fraction of sp³-hybridized carbons (Fsp3) is 0.286. The Morgan fingerprint density at radius 2 is 1.88 bits per heavy atom. The van der Waals surface area contributed by atoms with E-state index in [9.17, 15) is 4.79 Å². The summed E-state index contributed by atoms with van der Waals surface area (Å²) in [7, 11) is 0. The molecule has 0 aromatic heterocycles. The van der Waals surface area contributed by atoms with E-state index in [0.29, 0.717) is 5.92 Å². The second-order valence-corrected chi connectivity index (χ2v) is 6.53. The first kappa shape index (κ1) is 14.8. The van der Waals surface area contributed by atoms with E-state index in [0.717, 1.165) is 22.3 Å². The minimum atomic E-state index is -0.374. The first-order chi connectivity index (χ1) is 11.7. The molecule has 0 radical (unpaired) electrons. The number of hydrogen-bond acceptors (Lipinski definition) is 2. The van der Waals surface area contributed by atoms with Gasteiger partial charge < -0.3 is 10.1 Å². The summed E-state index contributed by atoms with van der Waals surface area (Å²) in [5, 5.41) is 2.93. The zero-order valence-corrected chi connectivity index (χ0v) is 13.6. The number of rotatable bonds is 2. The van der Waals surface area contributed by atoms with E-state index in [2.05, 4.69) is 29.3 Å². The third-order valence-corrected chi connectivity index (χ3v) is 4.42. The number of nitrogens with one attached hydrogen (secondary N) is 1. The van der Waals surface area contributed by atoms with Crippen LogP contribution in [-0.4, -0.2) is 6.09 Å². The van der Waals surface area contributed by atoms with Crippen molar-refractivity contribution in [3.63, 3.8) is 0 Å².